The number of fused-ring (bicyclic) bond motifs is 1. The van der Waals surface area contributed by atoms with Gasteiger partial charge in [0.1, 0.15) is 0 Å². The highest BCUT2D eigenvalue weighted by molar-refractivity contribution is 5.94. The highest BCUT2D eigenvalue weighted by Crippen LogP contribution is 2.29. The lowest BCUT2D eigenvalue weighted by molar-refractivity contribution is 0.0932. The molecule has 0 bridgehead atoms. The van der Waals surface area contributed by atoms with E-state index in [1.54, 1.807) is 0 Å². The van der Waals surface area contributed by atoms with Gasteiger partial charge in [-0.25, -0.2) is 0 Å². The van der Waals surface area contributed by atoms with E-state index in [4.69, 9.17) is 5.73 Å². The van der Waals surface area contributed by atoms with E-state index in [2.05, 4.69) is 23.5 Å². The lowest BCUT2D eigenvalue weighted by Crippen LogP contribution is -2.30. The number of nitrogens with two attached hydrogens (primary N) is 1. The highest BCUT2D eigenvalue weighted by atomic mass is 35.5. The van der Waals surface area contributed by atoms with Gasteiger partial charge in [0, 0.05) is 12.1 Å². The van der Waals surface area contributed by atoms with Crippen molar-refractivity contribution in [3.63, 3.8) is 0 Å². The molecule has 3 N–H and O–H groups in total. The first kappa shape index (κ1) is 16.5. The predicted molar refractivity (Wildman–Crippen MR) is 91.2 cm³/mol. The highest BCUT2D eigenvalue weighted by Gasteiger charge is 2.21. The fourth-order valence-corrected chi connectivity index (χ4v) is 2.94. The van der Waals surface area contributed by atoms with E-state index in [-0.39, 0.29) is 24.4 Å². The SMILES string of the molecule is Cl.NCc1ccc(C(=O)NC2CCCc3ccccc32)cc1. The van der Waals surface area contributed by atoms with E-state index in [9.17, 15) is 4.79 Å². The van der Waals surface area contributed by atoms with Gasteiger partial charge in [-0.2, -0.15) is 0 Å². The number of rotatable bonds is 3. The number of benzene rings is 2. The van der Waals surface area contributed by atoms with E-state index in [1.807, 2.05) is 30.3 Å². The third-order valence-corrected chi connectivity index (χ3v) is 4.13. The molecule has 1 atom stereocenters. The molecule has 0 fully saturated rings. The molecular weight excluding hydrogens is 296 g/mol. The maximum atomic E-state index is 12.4. The molecule has 2 aromatic carbocycles. The van der Waals surface area contributed by atoms with Gasteiger partial charge in [-0.15, -0.1) is 12.4 Å². The number of amides is 1. The monoisotopic (exact) mass is 316 g/mol. The number of nitrogens with one attached hydrogen (secondary N) is 1. The minimum Gasteiger partial charge on any atom is -0.345 e. The van der Waals surface area contributed by atoms with Crippen LogP contribution in [0.2, 0.25) is 0 Å². The van der Waals surface area contributed by atoms with Gasteiger partial charge in [0.05, 0.1) is 6.04 Å². The lowest BCUT2D eigenvalue weighted by atomic mass is 9.87. The fraction of sp³-hybridized carbons (Fsp3) is 0.278. The Morgan fingerprint density at radius 3 is 2.59 bits per heavy atom. The van der Waals surface area contributed by atoms with Crippen LogP contribution in [0.3, 0.4) is 0 Å². The summed E-state index contributed by atoms with van der Waals surface area (Å²) in [4.78, 5) is 12.4. The Labute approximate surface area is 137 Å². The van der Waals surface area contributed by atoms with Crippen LogP contribution in [-0.2, 0) is 13.0 Å². The molecule has 0 radical (unpaired) electrons. The minimum atomic E-state index is -0.0136. The Kier molecular flexibility index (Phi) is 5.58. The Bertz CT molecular complexity index is 640. The van der Waals surface area contributed by atoms with Crippen LogP contribution in [0.4, 0.5) is 0 Å². The summed E-state index contributed by atoms with van der Waals surface area (Å²) < 4.78 is 0. The summed E-state index contributed by atoms with van der Waals surface area (Å²) in [6.07, 6.45) is 3.23. The first-order valence-corrected chi connectivity index (χ1v) is 7.45. The topological polar surface area (TPSA) is 55.1 Å². The lowest BCUT2D eigenvalue weighted by Gasteiger charge is -2.26. The summed E-state index contributed by atoms with van der Waals surface area (Å²) in [6, 6.07) is 16.0. The molecule has 2 aromatic rings. The Hall–Kier alpha value is -1.84. The molecule has 0 saturated carbocycles. The van der Waals surface area contributed by atoms with Crippen LogP contribution in [0.1, 0.15) is 45.9 Å². The average Bonchev–Trinajstić information content (AvgIpc) is 2.55. The van der Waals surface area contributed by atoms with Crippen LogP contribution < -0.4 is 11.1 Å². The number of carbonyl (C=O) groups is 1. The summed E-state index contributed by atoms with van der Waals surface area (Å²) in [7, 11) is 0. The maximum absolute atomic E-state index is 12.4. The fourth-order valence-electron chi connectivity index (χ4n) is 2.94. The third-order valence-electron chi connectivity index (χ3n) is 4.13. The second kappa shape index (κ2) is 7.43. The quantitative estimate of drug-likeness (QED) is 0.912. The van der Waals surface area contributed by atoms with Gasteiger partial charge in [-0.1, -0.05) is 36.4 Å². The normalized spacial score (nSPS) is 16.3. The second-order valence-electron chi connectivity index (χ2n) is 5.52. The van der Waals surface area contributed by atoms with Gasteiger partial charge in [0.15, 0.2) is 0 Å². The largest absolute Gasteiger partial charge is 0.345 e. The second-order valence-corrected chi connectivity index (χ2v) is 5.52. The van der Waals surface area contributed by atoms with Crippen LogP contribution >= 0.6 is 12.4 Å². The molecule has 3 nitrogen and oxygen atoms in total. The molecule has 0 spiro atoms. The molecular formula is C18H21ClN2O. The average molecular weight is 317 g/mol. The summed E-state index contributed by atoms with van der Waals surface area (Å²) in [6.45, 7) is 0.498. The van der Waals surface area contributed by atoms with Crippen molar-refractivity contribution < 1.29 is 4.79 Å². The molecule has 1 aliphatic rings. The molecule has 0 saturated heterocycles. The van der Waals surface area contributed by atoms with E-state index in [1.165, 1.54) is 11.1 Å². The smallest absolute Gasteiger partial charge is 0.251 e. The molecule has 1 unspecified atom stereocenters. The number of carbonyl (C=O) groups excluding carboxylic acids is 1. The van der Waals surface area contributed by atoms with Crippen LogP contribution in [0.15, 0.2) is 48.5 Å². The van der Waals surface area contributed by atoms with Crippen molar-refractivity contribution in [1.82, 2.24) is 5.32 Å². The molecule has 1 amide bonds. The third kappa shape index (κ3) is 3.49. The zero-order chi connectivity index (χ0) is 14.7. The van der Waals surface area contributed by atoms with Gasteiger partial charge >= 0.3 is 0 Å². The van der Waals surface area contributed by atoms with Crippen LogP contribution in [0.5, 0.6) is 0 Å². The van der Waals surface area contributed by atoms with Crippen molar-refractivity contribution in [3.05, 3.63) is 70.8 Å². The standard InChI is InChI=1S/C18H20N2O.ClH/c19-12-13-8-10-15(11-9-13)18(21)20-17-7-3-5-14-4-1-2-6-16(14)17;/h1-2,4,6,8-11,17H,3,5,7,12,19H2,(H,20,21);1H. The van der Waals surface area contributed by atoms with Crippen LogP contribution in [0.25, 0.3) is 0 Å². The number of hydrogen-bond donors (Lipinski definition) is 2. The predicted octanol–water partition coefficient (Wildman–Crippen LogP) is 3.37. The summed E-state index contributed by atoms with van der Waals surface area (Å²) in [5, 5.41) is 3.16. The number of hydrogen-bond acceptors (Lipinski definition) is 2. The molecule has 0 aliphatic heterocycles. The molecule has 116 valence electrons. The van der Waals surface area contributed by atoms with Crippen LogP contribution in [0, 0.1) is 0 Å². The molecule has 1 aliphatic carbocycles. The van der Waals surface area contributed by atoms with Gasteiger partial charge in [0.2, 0.25) is 0 Å². The molecule has 22 heavy (non-hydrogen) atoms. The summed E-state index contributed by atoms with van der Waals surface area (Å²) in [5.41, 5.74) is 9.92. The Morgan fingerprint density at radius 2 is 1.86 bits per heavy atom. The van der Waals surface area contributed by atoms with Gasteiger partial charge in [-0.05, 0) is 48.1 Å². The minimum absolute atomic E-state index is 0. The van der Waals surface area contributed by atoms with E-state index in [0.29, 0.717) is 12.1 Å². The summed E-state index contributed by atoms with van der Waals surface area (Å²) in [5.74, 6) is -0.0136. The van der Waals surface area contributed by atoms with Crippen molar-refractivity contribution in [3.8, 4) is 0 Å². The van der Waals surface area contributed by atoms with E-state index < -0.39 is 0 Å². The van der Waals surface area contributed by atoms with Crippen molar-refractivity contribution in [2.45, 2.75) is 31.8 Å². The zero-order valence-corrected chi connectivity index (χ0v) is 13.2. The van der Waals surface area contributed by atoms with Crippen molar-refractivity contribution in [1.29, 1.82) is 0 Å². The van der Waals surface area contributed by atoms with E-state index in [0.717, 1.165) is 24.8 Å². The molecule has 3 rings (SSSR count). The Morgan fingerprint density at radius 1 is 1.14 bits per heavy atom. The van der Waals surface area contributed by atoms with Crippen LogP contribution in [-0.4, -0.2) is 5.91 Å². The first-order valence-electron chi connectivity index (χ1n) is 7.45. The summed E-state index contributed by atoms with van der Waals surface area (Å²) >= 11 is 0. The van der Waals surface area contributed by atoms with Gasteiger partial charge < -0.3 is 11.1 Å². The van der Waals surface area contributed by atoms with Crippen molar-refractivity contribution in [2.24, 2.45) is 5.73 Å². The molecule has 0 heterocycles. The molecule has 0 aromatic heterocycles. The Balaban J connectivity index is 0.00000176. The van der Waals surface area contributed by atoms with E-state index >= 15 is 0 Å². The van der Waals surface area contributed by atoms with Crippen molar-refractivity contribution >= 4 is 18.3 Å². The zero-order valence-electron chi connectivity index (χ0n) is 12.4. The van der Waals surface area contributed by atoms with Gasteiger partial charge in [0.25, 0.3) is 5.91 Å². The number of aryl methyl sites for hydroxylation is 1. The first-order chi connectivity index (χ1) is 10.3. The van der Waals surface area contributed by atoms with Gasteiger partial charge in [-0.3, -0.25) is 4.79 Å². The van der Waals surface area contributed by atoms with Crippen molar-refractivity contribution in [2.75, 3.05) is 0 Å². The number of halogens is 1. The molecule has 4 heteroatoms. The maximum Gasteiger partial charge on any atom is 0.251 e.